The van der Waals surface area contributed by atoms with Gasteiger partial charge in [0.1, 0.15) is 0 Å². The zero-order chi connectivity index (χ0) is 9.00. The fourth-order valence-electron chi connectivity index (χ4n) is 0. The van der Waals surface area contributed by atoms with Crippen molar-refractivity contribution in [3.8, 4) is 0 Å². The molecule has 0 amide bonds. The Hall–Kier alpha value is 0.539. The Bertz CT molecular complexity index is 57.2. The molecule has 0 aliphatic carbocycles. The SMILES string of the molecule is O.O.O.O.O.O.[Fe+2].[O-][Cl+3]([O-])([O-])[O-].[O-][Cl+3]([O-])([O-])[O-]. The van der Waals surface area contributed by atoms with Gasteiger partial charge in [-0.1, -0.05) is 0 Å². The van der Waals surface area contributed by atoms with E-state index in [2.05, 4.69) is 0 Å². The fraction of sp³-hybridized carbons (Fsp3) is 0. The normalized spacial score (nSPS) is 7.06. The average Bonchev–Trinajstić information content (AvgIpc) is 1.12. The van der Waals surface area contributed by atoms with E-state index in [1.54, 1.807) is 0 Å². The fourth-order valence-corrected chi connectivity index (χ4v) is 0. The molecule has 17 heavy (non-hydrogen) atoms. The first-order chi connectivity index (χ1) is 4.00. The predicted octanol–water partition coefficient (Wildman–Crippen LogP) is -14.5. The first-order valence-electron chi connectivity index (χ1n) is 1.23. The Kier molecular flexibility index (Phi) is 98.3. The quantitative estimate of drug-likeness (QED) is 0.370. The van der Waals surface area contributed by atoms with Gasteiger partial charge >= 0.3 is 17.1 Å². The molecule has 0 spiro atoms. The van der Waals surface area contributed by atoms with Crippen LogP contribution in [0, 0.1) is 20.5 Å². The van der Waals surface area contributed by atoms with Gasteiger partial charge in [0, 0.05) is 0 Å². The van der Waals surface area contributed by atoms with Gasteiger partial charge in [0.15, 0.2) is 0 Å². The maximum absolute atomic E-state index is 8.49. The second kappa shape index (κ2) is 25.4. The van der Waals surface area contributed by atoms with Crippen LogP contribution in [0.5, 0.6) is 0 Å². The molecule has 0 aliphatic heterocycles. The third-order valence-electron chi connectivity index (χ3n) is 0. The molecule has 0 saturated heterocycles. The van der Waals surface area contributed by atoms with Gasteiger partial charge < -0.3 is 32.9 Å². The number of halogens is 2. The van der Waals surface area contributed by atoms with Crippen LogP contribution >= 0.6 is 0 Å². The molecule has 0 heterocycles. The molecule has 0 radical (unpaired) electrons. The van der Waals surface area contributed by atoms with E-state index in [1.807, 2.05) is 0 Å². The van der Waals surface area contributed by atoms with E-state index in [0.29, 0.717) is 0 Å². The summed E-state index contributed by atoms with van der Waals surface area (Å²) in [6.07, 6.45) is 0. The first kappa shape index (κ1) is 65.8. The van der Waals surface area contributed by atoms with Crippen molar-refractivity contribution in [3.05, 3.63) is 0 Å². The number of rotatable bonds is 0. The van der Waals surface area contributed by atoms with Crippen molar-refractivity contribution < 1.29 is 108 Å². The van der Waals surface area contributed by atoms with E-state index in [4.69, 9.17) is 37.3 Å². The van der Waals surface area contributed by atoms with Crippen LogP contribution in [0.1, 0.15) is 0 Å². The van der Waals surface area contributed by atoms with E-state index in [-0.39, 0.29) is 49.9 Å². The van der Waals surface area contributed by atoms with Gasteiger partial charge in [0.05, 0.1) is 0 Å². The Morgan fingerprint density at radius 2 is 0.353 bits per heavy atom. The minimum Gasteiger partial charge on any atom is -0.412 e. The average molecular weight is 363 g/mol. The molecule has 14 nitrogen and oxygen atoms in total. The molecule has 0 saturated carbocycles. The van der Waals surface area contributed by atoms with Crippen molar-refractivity contribution >= 4 is 0 Å². The van der Waals surface area contributed by atoms with E-state index < -0.39 is 20.5 Å². The van der Waals surface area contributed by atoms with Crippen LogP contribution in [0.15, 0.2) is 0 Å². The molecular formula is H12Cl2FeO14. The van der Waals surface area contributed by atoms with E-state index in [9.17, 15) is 0 Å². The van der Waals surface area contributed by atoms with Gasteiger partial charge in [-0.2, -0.15) is 0 Å². The van der Waals surface area contributed by atoms with Crippen molar-refractivity contribution in [2.75, 3.05) is 0 Å². The summed E-state index contributed by atoms with van der Waals surface area (Å²) in [5.41, 5.74) is 0. The molecule has 118 valence electrons. The summed E-state index contributed by atoms with van der Waals surface area (Å²) >= 11 is 0. The summed E-state index contributed by atoms with van der Waals surface area (Å²) in [6, 6.07) is 0. The zero-order valence-electron chi connectivity index (χ0n) is 7.38. The van der Waals surface area contributed by atoms with Crippen molar-refractivity contribution in [3.63, 3.8) is 0 Å². The smallest absolute Gasteiger partial charge is 0.412 e. The van der Waals surface area contributed by atoms with Crippen LogP contribution in [-0.4, -0.2) is 32.9 Å². The molecule has 0 unspecified atom stereocenters. The van der Waals surface area contributed by atoms with Crippen molar-refractivity contribution in [2.45, 2.75) is 0 Å². The van der Waals surface area contributed by atoms with Crippen LogP contribution in [0.2, 0.25) is 0 Å². The van der Waals surface area contributed by atoms with Gasteiger partial charge in [-0.15, -0.1) is 20.5 Å². The molecule has 0 aromatic carbocycles. The summed E-state index contributed by atoms with van der Waals surface area (Å²) in [5.74, 6) is 0. The first-order valence-corrected chi connectivity index (χ1v) is 3.70. The third kappa shape index (κ3) is 12000. The van der Waals surface area contributed by atoms with Crippen LogP contribution in [-0.2, 0) is 17.1 Å². The van der Waals surface area contributed by atoms with Crippen LogP contribution in [0.4, 0.5) is 0 Å². The Morgan fingerprint density at radius 3 is 0.353 bits per heavy atom. The number of hydrogen-bond acceptors (Lipinski definition) is 8. The summed E-state index contributed by atoms with van der Waals surface area (Å²) in [4.78, 5) is 0. The topological polar surface area (TPSA) is 373 Å². The maximum Gasteiger partial charge on any atom is 2.00 e. The van der Waals surface area contributed by atoms with Gasteiger partial charge in [-0.05, 0) is 0 Å². The van der Waals surface area contributed by atoms with Crippen LogP contribution < -0.4 is 37.3 Å². The molecule has 0 fully saturated rings. The maximum atomic E-state index is 8.49. The van der Waals surface area contributed by atoms with E-state index >= 15 is 0 Å². The zero-order valence-corrected chi connectivity index (χ0v) is 9.99. The minimum atomic E-state index is -4.94. The molecule has 0 aliphatic rings. The molecule has 0 rings (SSSR count). The second-order valence-electron chi connectivity index (χ2n) is 0.756. The largest absolute Gasteiger partial charge is 2.00 e. The molecule has 17 heteroatoms. The molecule has 0 aromatic rings. The molecule has 0 aromatic heterocycles. The molecule has 0 bridgehead atoms. The molecular weight excluding hydrogens is 351 g/mol. The minimum absolute atomic E-state index is 0. The summed E-state index contributed by atoms with van der Waals surface area (Å²) in [5, 5.41) is 0. The predicted molar refractivity (Wildman–Crippen MR) is 21.7 cm³/mol. The van der Waals surface area contributed by atoms with Crippen molar-refractivity contribution in [1.82, 2.24) is 0 Å². The summed E-state index contributed by atoms with van der Waals surface area (Å²) in [6.45, 7) is 0. The third-order valence-corrected chi connectivity index (χ3v) is 0. The van der Waals surface area contributed by atoms with Crippen LogP contribution in [0.3, 0.4) is 0 Å². The Labute approximate surface area is 108 Å². The monoisotopic (exact) mass is 362 g/mol. The van der Waals surface area contributed by atoms with Crippen LogP contribution in [0.25, 0.3) is 0 Å². The van der Waals surface area contributed by atoms with Gasteiger partial charge in [-0.25, -0.2) is 37.3 Å². The second-order valence-corrected chi connectivity index (χ2v) is 2.27. The Morgan fingerprint density at radius 1 is 0.353 bits per heavy atom. The van der Waals surface area contributed by atoms with Gasteiger partial charge in [0.2, 0.25) is 0 Å². The summed E-state index contributed by atoms with van der Waals surface area (Å²) < 4.78 is 67.9. The molecule has 0 atom stereocenters. The van der Waals surface area contributed by atoms with Crippen molar-refractivity contribution in [1.29, 1.82) is 0 Å². The number of hydrogen-bond donors (Lipinski definition) is 0. The van der Waals surface area contributed by atoms with E-state index in [0.717, 1.165) is 0 Å². The van der Waals surface area contributed by atoms with Gasteiger partial charge in [-0.3, -0.25) is 0 Å². The van der Waals surface area contributed by atoms with Crippen molar-refractivity contribution in [2.24, 2.45) is 0 Å². The van der Waals surface area contributed by atoms with E-state index in [1.165, 1.54) is 0 Å². The standard InChI is InChI=1S/2ClHO4.Fe.6H2O/c2*2-1(3,4)5;;;;;;;/h2*(H,2,3,4,5);;6*1H2/q;;+2;;;;;;/p-2. The Balaban J connectivity index is -0.00000000762. The molecule has 12 N–H and O–H groups in total. The van der Waals surface area contributed by atoms with Gasteiger partial charge in [0.25, 0.3) is 0 Å². The summed E-state index contributed by atoms with van der Waals surface area (Å²) in [7, 11) is -9.89.